The summed E-state index contributed by atoms with van der Waals surface area (Å²) in [6, 6.07) is 10.6. The van der Waals surface area contributed by atoms with Crippen LogP contribution in [0.2, 0.25) is 5.02 Å². The van der Waals surface area contributed by atoms with Gasteiger partial charge in [-0.15, -0.1) is 0 Å². The van der Waals surface area contributed by atoms with Crippen molar-refractivity contribution in [2.24, 2.45) is 5.73 Å². The molecule has 4 nitrogen and oxygen atoms in total. The summed E-state index contributed by atoms with van der Waals surface area (Å²) in [5.74, 6) is -0.172. The number of carbonyl (C=O) groups excluding carboxylic acids is 1. The Balaban J connectivity index is 2.13. The minimum atomic E-state index is -0.175. The van der Waals surface area contributed by atoms with E-state index in [2.05, 4.69) is 10.3 Å². The van der Waals surface area contributed by atoms with Crippen molar-refractivity contribution in [2.45, 2.75) is 19.5 Å². The Morgan fingerprint density at radius 1 is 1.40 bits per heavy atom. The van der Waals surface area contributed by atoms with Gasteiger partial charge in [0.2, 0.25) is 0 Å². The second kappa shape index (κ2) is 6.50. The zero-order chi connectivity index (χ0) is 14.5. The average molecular weight is 290 g/mol. The Hall–Kier alpha value is -1.91. The third-order valence-corrected chi connectivity index (χ3v) is 3.35. The lowest BCUT2D eigenvalue weighted by Crippen LogP contribution is -2.27. The molecule has 2 aromatic rings. The van der Waals surface area contributed by atoms with Gasteiger partial charge in [0.15, 0.2) is 0 Å². The largest absolute Gasteiger partial charge is 0.345 e. The third-order valence-electron chi connectivity index (χ3n) is 3.01. The van der Waals surface area contributed by atoms with E-state index in [1.807, 2.05) is 25.1 Å². The zero-order valence-corrected chi connectivity index (χ0v) is 11.9. The van der Waals surface area contributed by atoms with E-state index in [0.717, 1.165) is 5.56 Å². The molecule has 0 spiro atoms. The highest BCUT2D eigenvalue weighted by atomic mass is 35.5. The molecule has 0 saturated heterocycles. The third kappa shape index (κ3) is 3.35. The smallest absolute Gasteiger partial charge is 0.251 e. The summed E-state index contributed by atoms with van der Waals surface area (Å²) in [6.45, 7) is 2.20. The Kier molecular flexibility index (Phi) is 4.71. The van der Waals surface area contributed by atoms with E-state index in [1.54, 1.807) is 24.4 Å². The van der Waals surface area contributed by atoms with E-state index >= 15 is 0 Å². The molecule has 1 amide bonds. The molecule has 0 saturated carbocycles. The van der Waals surface area contributed by atoms with Crippen molar-refractivity contribution in [2.75, 3.05) is 0 Å². The van der Waals surface area contributed by atoms with Gasteiger partial charge in [-0.1, -0.05) is 29.8 Å². The average Bonchev–Trinajstić information content (AvgIpc) is 2.47. The van der Waals surface area contributed by atoms with Crippen molar-refractivity contribution in [3.05, 3.63) is 64.4 Å². The number of benzene rings is 1. The first-order valence-corrected chi connectivity index (χ1v) is 6.70. The van der Waals surface area contributed by atoms with Crippen LogP contribution in [0.3, 0.4) is 0 Å². The number of rotatable bonds is 4. The van der Waals surface area contributed by atoms with Crippen LogP contribution in [0.1, 0.15) is 34.6 Å². The molecule has 0 aliphatic carbocycles. The van der Waals surface area contributed by atoms with Crippen LogP contribution in [0.5, 0.6) is 0 Å². The first-order chi connectivity index (χ1) is 9.61. The quantitative estimate of drug-likeness (QED) is 0.909. The maximum atomic E-state index is 12.2. The lowest BCUT2D eigenvalue weighted by Gasteiger charge is -2.15. The highest BCUT2D eigenvalue weighted by molar-refractivity contribution is 6.31. The highest BCUT2D eigenvalue weighted by Gasteiger charge is 2.13. The van der Waals surface area contributed by atoms with Gasteiger partial charge in [-0.25, -0.2) is 0 Å². The number of aromatic nitrogens is 1. The summed E-state index contributed by atoms with van der Waals surface area (Å²) >= 11 is 6.12. The maximum absolute atomic E-state index is 12.2. The molecule has 1 unspecified atom stereocenters. The Morgan fingerprint density at radius 2 is 2.15 bits per heavy atom. The molecule has 2 rings (SSSR count). The number of pyridine rings is 1. The predicted octanol–water partition coefficient (Wildman–Crippen LogP) is 2.68. The number of nitrogens with one attached hydrogen (secondary N) is 1. The van der Waals surface area contributed by atoms with Gasteiger partial charge in [0, 0.05) is 23.3 Å². The van der Waals surface area contributed by atoms with Crippen LogP contribution in [-0.4, -0.2) is 10.9 Å². The van der Waals surface area contributed by atoms with Crippen molar-refractivity contribution in [1.29, 1.82) is 0 Å². The van der Waals surface area contributed by atoms with Gasteiger partial charge in [-0.2, -0.15) is 0 Å². The van der Waals surface area contributed by atoms with Crippen LogP contribution < -0.4 is 11.1 Å². The number of hydrogen-bond donors (Lipinski definition) is 2. The van der Waals surface area contributed by atoms with Crippen molar-refractivity contribution in [3.8, 4) is 0 Å². The van der Waals surface area contributed by atoms with Crippen LogP contribution >= 0.6 is 11.6 Å². The van der Waals surface area contributed by atoms with Gasteiger partial charge in [-0.05, 0) is 30.7 Å². The van der Waals surface area contributed by atoms with Crippen molar-refractivity contribution in [1.82, 2.24) is 10.3 Å². The van der Waals surface area contributed by atoms with Gasteiger partial charge in [-0.3, -0.25) is 9.78 Å². The van der Waals surface area contributed by atoms with E-state index < -0.39 is 0 Å². The summed E-state index contributed by atoms with van der Waals surface area (Å²) in [7, 11) is 0. The molecule has 104 valence electrons. The molecule has 5 heteroatoms. The molecule has 0 aliphatic rings. The molecule has 1 aromatic carbocycles. The van der Waals surface area contributed by atoms with Crippen LogP contribution in [0.15, 0.2) is 42.6 Å². The van der Waals surface area contributed by atoms with Crippen molar-refractivity contribution >= 4 is 17.5 Å². The molecule has 1 aromatic heterocycles. The fraction of sp³-hybridized carbons (Fsp3) is 0.200. The van der Waals surface area contributed by atoms with Crippen LogP contribution in [-0.2, 0) is 6.54 Å². The van der Waals surface area contributed by atoms with Gasteiger partial charge < -0.3 is 11.1 Å². The molecule has 0 bridgehead atoms. The second-order valence-corrected chi connectivity index (χ2v) is 4.86. The summed E-state index contributed by atoms with van der Waals surface area (Å²) in [6.07, 6.45) is 1.58. The summed E-state index contributed by atoms with van der Waals surface area (Å²) in [5.41, 5.74) is 7.63. The Morgan fingerprint density at radius 3 is 2.85 bits per heavy atom. The lowest BCUT2D eigenvalue weighted by molar-refractivity contribution is 0.0939. The predicted molar refractivity (Wildman–Crippen MR) is 79.5 cm³/mol. The fourth-order valence-electron chi connectivity index (χ4n) is 1.92. The number of halogens is 1. The number of carbonyl (C=O) groups is 1. The van der Waals surface area contributed by atoms with Gasteiger partial charge in [0.05, 0.1) is 11.7 Å². The minimum Gasteiger partial charge on any atom is -0.345 e. The molecule has 0 aliphatic heterocycles. The minimum absolute atomic E-state index is 0.172. The summed E-state index contributed by atoms with van der Waals surface area (Å²) < 4.78 is 0. The van der Waals surface area contributed by atoms with Gasteiger partial charge in [0.25, 0.3) is 5.91 Å². The Labute approximate surface area is 123 Å². The van der Waals surface area contributed by atoms with Crippen molar-refractivity contribution in [3.63, 3.8) is 0 Å². The standard InChI is InChI=1S/C15H16ClN3O/c1-10(13-4-2-3-5-14(13)16)19-15(20)11-6-7-18-12(8-11)9-17/h2-8,10H,9,17H2,1H3,(H,19,20). The van der Waals surface area contributed by atoms with E-state index in [0.29, 0.717) is 22.8 Å². The molecule has 1 atom stereocenters. The molecule has 1 heterocycles. The first-order valence-electron chi connectivity index (χ1n) is 6.32. The molecule has 3 N–H and O–H groups in total. The van der Waals surface area contributed by atoms with E-state index in [4.69, 9.17) is 17.3 Å². The topological polar surface area (TPSA) is 68.0 Å². The zero-order valence-electron chi connectivity index (χ0n) is 11.1. The number of amides is 1. The second-order valence-electron chi connectivity index (χ2n) is 4.46. The van der Waals surface area contributed by atoms with E-state index in [9.17, 15) is 4.79 Å². The van der Waals surface area contributed by atoms with Crippen LogP contribution in [0.4, 0.5) is 0 Å². The number of nitrogens with zero attached hydrogens (tertiary/aromatic N) is 1. The first kappa shape index (κ1) is 14.5. The lowest BCUT2D eigenvalue weighted by atomic mass is 10.1. The van der Waals surface area contributed by atoms with Crippen molar-refractivity contribution < 1.29 is 4.79 Å². The molecule has 0 fully saturated rings. The monoisotopic (exact) mass is 289 g/mol. The molecular formula is C15H16ClN3O. The molecule has 0 radical (unpaired) electrons. The van der Waals surface area contributed by atoms with Crippen LogP contribution in [0.25, 0.3) is 0 Å². The molecule has 20 heavy (non-hydrogen) atoms. The normalized spacial score (nSPS) is 11.9. The highest BCUT2D eigenvalue weighted by Crippen LogP contribution is 2.22. The number of hydrogen-bond acceptors (Lipinski definition) is 3. The number of nitrogens with two attached hydrogens (primary N) is 1. The molecular weight excluding hydrogens is 274 g/mol. The van der Waals surface area contributed by atoms with E-state index in [1.165, 1.54) is 0 Å². The van der Waals surface area contributed by atoms with Crippen LogP contribution in [0, 0.1) is 0 Å². The fourth-order valence-corrected chi connectivity index (χ4v) is 2.21. The SMILES string of the molecule is CC(NC(=O)c1ccnc(CN)c1)c1ccccc1Cl. The van der Waals surface area contributed by atoms with Gasteiger partial charge >= 0.3 is 0 Å². The van der Waals surface area contributed by atoms with Gasteiger partial charge in [0.1, 0.15) is 0 Å². The van der Waals surface area contributed by atoms with E-state index in [-0.39, 0.29) is 11.9 Å². The summed E-state index contributed by atoms with van der Waals surface area (Å²) in [4.78, 5) is 16.3. The maximum Gasteiger partial charge on any atom is 0.251 e. The Bertz CT molecular complexity index is 616. The summed E-state index contributed by atoms with van der Waals surface area (Å²) in [5, 5.41) is 3.55.